The standard InChI is InChI=1S/C11H11BO3S/c1-16-11-9-5-3-2-4-8(9)6-7-10(11)15-12(13)14/h2-7,13-14H,1H3. The minimum absolute atomic E-state index is 0.487. The summed E-state index contributed by atoms with van der Waals surface area (Å²) in [6, 6.07) is 11.5. The lowest BCUT2D eigenvalue weighted by Crippen LogP contribution is -2.20. The van der Waals surface area contributed by atoms with Crippen molar-refractivity contribution in [1.29, 1.82) is 0 Å². The number of fused-ring (bicyclic) bond motifs is 1. The molecule has 0 spiro atoms. The van der Waals surface area contributed by atoms with Gasteiger partial charge in [0.1, 0.15) is 5.75 Å². The van der Waals surface area contributed by atoms with Crippen LogP contribution in [0.2, 0.25) is 0 Å². The minimum atomic E-state index is -1.79. The van der Waals surface area contributed by atoms with Crippen LogP contribution in [0.1, 0.15) is 0 Å². The molecule has 0 amide bonds. The molecule has 0 fully saturated rings. The van der Waals surface area contributed by atoms with Crippen molar-refractivity contribution < 1.29 is 14.7 Å². The van der Waals surface area contributed by atoms with E-state index in [-0.39, 0.29) is 0 Å². The molecule has 0 aromatic heterocycles. The molecule has 0 heterocycles. The average molecular weight is 234 g/mol. The zero-order valence-corrected chi connectivity index (χ0v) is 9.57. The summed E-state index contributed by atoms with van der Waals surface area (Å²) in [6.07, 6.45) is 1.93. The van der Waals surface area contributed by atoms with Crippen LogP contribution in [-0.2, 0) is 0 Å². The highest BCUT2D eigenvalue weighted by Crippen LogP contribution is 2.35. The number of thioether (sulfide) groups is 1. The predicted molar refractivity (Wildman–Crippen MR) is 66.5 cm³/mol. The topological polar surface area (TPSA) is 49.7 Å². The summed E-state index contributed by atoms with van der Waals surface area (Å²) in [5.41, 5.74) is 0. The van der Waals surface area contributed by atoms with E-state index in [0.29, 0.717) is 5.75 Å². The summed E-state index contributed by atoms with van der Waals surface area (Å²) in [6.45, 7) is 0. The Hall–Kier alpha value is -1.17. The Balaban J connectivity index is 2.58. The summed E-state index contributed by atoms with van der Waals surface area (Å²) in [5, 5.41) is 19.8. The fourth-order valence-corrected chi connectivity index (χ4v) is 2.36. The molecule has 0 atom stereocenters. The largest absolute Gasteiger partial charge is 0.707 e. The van der Waals surface area contributed by atoms with E-state index in [4.69, 9.17) is 14.7 Å². The van der Waals surface area contributed by atoms with Crippen molar-refractivity contribution in [2.75, 3.05) is 6.26 Å². The summed E-state index contributed by atoms with van der Waals surface area (Å²) in [7, 11) is -1.79. The van der Waals surface area contributed by atoms with E-state index in [9.17, 15) is 0 Å². The first-order chi connectivity index (χ1) is 7.72. The molecule has 16 heavy (non-hydrogen) atoms. The monoisotopic (exact) mass is 234 g/mol. The van der Waals surface area contributed by atoms with E-state index in [2.05, 4.69) is 0 Å². The van der Waals surface area contributed by atoms with Gasteiger partial charge in [-0.1, -0.05) is 30.3 Å². The molecule has 0 aliphatic rings. The van der Waals surface area contributed by atoms with Gasteiger partial charge in [0.2, 0.25) is 0 Å². The van der Waals surface area contributed by atoms with Crippen LogP contribution in [0.4, 0.5) is 0 Å². The molecule has 0 unspecified atom stereocenters. The molecular formula is C11H11BO3S. The molecule has 5 heteroatoms. The van der Waals surface area contributed by atoms with Gasteiger partial charge in [-0.15, -0.1) is 11.8 Å². The molecule has 0 saturated heterocycles. The lowest BCUT2D eigenvalue weighted by Gasteiger charge is -2.11. The normalized spacial score (nSPS) is 10.4. The van der Waals surface area contributed by atoms with Gasteiger partial charge in [-0.3, -0.25) is 0 Å². The summed E-state index contributed by atoms with van der Waals surface area (Å²) >= 11 is 1.52. The molecular weight excluding hydrogens is 223 g/mol. The molecule has 82 valence electrons. The zero-order valence-electron chi connectivity index (χ0n) is 8.75. The number of hydrogen-bond donors (Lipinski definition) is 2. The first-order valence-corrected chi connectivity index (χ1v) is 6.03. The number of benzene rings is 2. The maximum atomic E-state index is 8.82. The second kappa shape index (κ2) is 4.78. The lowest BCUT2D eigenvalue weighted by atomic mass is 10.1. The van der Waals surface area contributed by atoms with Crippen LogP contribution in [-0.4, -0.2) is 23.6 Å². The average Bonchev–Trinajstić information content (AvgIpc) is 2.28. The van der Waals surface area contributed by atoms with Gasteiger partial charge in [0.15, 0.2) is 0 Å². The van der Waals surface area contributed by atoms with Gasteiger partial charge in [-0.25, -0.2) is 0 Å². The van der Waals surface area contributed by atoms with Crippen LogP contribution < -0.4 is 4.65 Å². The van der Waals surface area contributed by atoms with Crippen molar-refractivity contribution in [3.8, 4) is 5.75 Å². The van der Waals surface area contributed by atoms with Crippen molar-refractivity contribution in [2.24, 2.45) is 0 Å². The van der Waals surface area contributed by atoms with Crippen LogP contribution in [0, 0.1) is 0 Å². The zero-order chi connectivity index (χ0) is 11.5. The Kier molecular flexibility index (Phi) is 3.38. The molecule has 0 saturated carbocycles. The van der Waals surface area contributed by atoms with Crippen molar-refractivity contribution in [2.45, 2.75) is 4.90 Å². The van der Waals surface area contributed by atoms with Crippen molar-refractivity contribution >= 4 is 29.9 Å². The Morgan fingerprint density at radius 3 is 2.56 bits per heavy atom. The maximum Gasteiger partial charge on any atom is 0.707 e. The third-order valence-electron chi connectivity index (χ3n) is 2.28. The third kappa shape index (κ3) is 2.16. The van der Waals surface area contributed by atoms with Crippen LogP contribution >= 0.6 is 11.8 Å². The molecule has 2 N–H and O–H groups in total. The van der Waals surface area contributed by atoms with Crippen molar-refractivity contribution in [3.63, 3.8) is 0 Å². The number of rotatable bonds is 3. The van der Waals surface area contributed by atoms with Gasteiger partial charge in [-0.05, 0) is 23.1 Å². The van der Waals surface area contributed by atoms with Gasteiger partial charge in [-0.2, -0.15) is 0 Å². The van der Waals surface area contributed by atoms with Crippen molar-refractivity contribution in [1.82, 2.24) is 0 Å². The van der Waals surface area contributed by atoms with Crippen molar-refractivity contribution in [3.05, 3.63) is 36.4 Å². The van der Waals surface area contributed by atoms with Crippen LogP contribution in [0.15, 0.2) is 41.3 Å². The van der Waals surface area contributed by atoms with E-state index in [1.165, 1.54) is 11.8 Å². The van der Waals surface area contributed by atoms with E-state index >= 15 is 0 Å². The highest BCUT2D eigenvalue weighted by molar-refractivity contribution is 7.99. The highest BCUT2D eigenvalue weighted by Gasteiger charge is 2.15. The highest BCUT2D eigenvalue weighted by atomic mass is 32.2. The molecule has 0 radical (unpaired) electrons. The second-order valence-electron chi connectivity index (χ2n) is 3.26. The molecule has 2 aromatic carbocycles. The first kappa shape index (κ1) is 11.3. The smallest absolute Gasteiger partial charge is 0.511 e. The Morgan fingerprint density at radius 2 is 1.88 bits per heavy atom. The number of hydrogen-bond acceptors (Lipinski definition) is 4. The van der Waals surface area contributed by atoms with E-state index < -0.39 is 7.32 Å². The predicted octanol–water partition coefficient (Wildman–Crippen LogP) is 1.91. The summed E-state index contributed by atoms with van der Waals surface area (Å²) in [4.78, 5) is 0.909. The Morgan fingerprint density at radius 1 is 1.12 bits per heavy atom. The second-order valence-corrected chi connectivity index (χ2v) is 4.08. The molecule has 2 rings (SSSR count). The Bertz CT molecular complexity index is 502. The summed E-state index contributed by atoms with van der Waals surface area (Å²) in [5.74, 6) is 0.487. The van der Waals surface area contributed by atoms with Gasteiger partial charge in [0.05, 0.1) is 4.90 Å². The molecule has 2 aromatic rings. The quantitative estimate of drug-likeness (QED) is 0.629. The van der Waals surface area contributed by atoms with Gasteiger partial charge in [0.25, 0.3) is 0 Å². The first-order valence-electron chi connectivity index (χ1n) is 4.81. The SMILES string of the molecule is CSc1c(OB(O)O)ccc2ccccc12. The van der Waals surface area contributed by atoms with Gasteiger partial charge < -0.3 is 14.7 Å². The van der Waals surface area contributed by atoms with E-state index in [1.807, 2.05) is 36.6 Å². The Labute approximate surface area is 98.2 Å². The molecule has 0 aliphatic heterocycles. The lowest BCUT2D eigenvalue weighted by molar-refractivity contribution is 0.285. The van der Waals surface area contributed by atoms with Crippen LogP contribution in [0.5, 0.6) is 5.75 Å². The third-order valence-corrected chi connectivity index (χ3v) is 3.11. The molecule has 0 bridgehead atoms. The van der Waals surface area contributed by atoms with Crippen LogP contribution in [0.25, 0.3) is 10.8 Å². The fraction of sp³-hybridized carbons (Fsp3) is 0.0909. The molecule has 0 aliphatic carbocycles. The van der Waals surface area contributed by atoms with E-state index in [0.717, 1.165) is 15.7 Å². The molecule has 3 nitrogen and oxygen atoms in total. The summed E-state index contributed by atoms with van der Waals surface area (Å²) < 4.78 is 4.93. The van der Waals surface area contributed by atoms with E-state index in [1.54, 1.807) is 6.07 Å². The van der Waals surface area contributed by atoms with Gasteiger partial charge in [0, 0.05) is 0 Å². The minimum Gasteiger partial charge on any atom is -0.511 e. The van der Waals surface area contributed by atoms with Gasteiger partial charge >= 0.3 is 7.32 Å². The van der Waals surface area contributed by atoms with Crippen LogP contribution in [0.3, 0.4) is 0 Å². The fourth-order valence-electron chi connectivity index (χ4n) is 1.64. The maximum absolute atomic E-state index is 8.82.